The van der Waals surface area contributed by atoms with E-state index >= 15 is 0 Å². The summed E-state index contributed by atoms with van der Waals surface area (Å²) in [6.07, 6.45) is 1.73. The second kappa shape index (κ2) is 7.58. The van der Waals surface area contributed by atoms with Gasteiger partial charge in [0.05, 0.1) is 18.1 Å². The van der Waals surface area contributed by atoms with Crippen molar-refractivity contribution in [2.45, 2.75) is 19.8 Å². The van der Waals surface area contributed by atoms with Crippen LogP contribution in [-0.2, 0) is 0 Å². The van der Waals surface area contributed by atoms with Gasteiger partial charge in [-0.15, -0.1) is 0 Å². The first-order valence-electron chi connectivity index (χ1n) is 6.25. The van der Waals surface area contributed by atoms with E-state index in [0.29, 0.717) is 18.0 Å². The van der Waals surface area contributed by atoms with Gasteiger partial charge in [0.1, 0.15) is 11.4 Å². The van der Waals surface area contributed by atoms with Crippen LogP contribution in [0.15, 0.2) is 18.2 Å². The van der Waals surface area contributed by atoms with Gasteiger partial charge in [-0.2, -0.15) is 0 Å². The lowest BCUT2D eigenvalue weighted by Crippen LogP contribution is -2.07. The molecule has 6 nitrogen and oxygen atoms in total. The molecule has 1 aromatic carbocycles. The number of nitrogens with one attached hydrogen (secondary N) is 1. The van der Waals surface area contributed by atoms with Crippen LogP contribution in [0, 0.1) is 16.0 Å². The molecule has 19 heavy (non-hydrogen) atoms. The van der Waals surface area contributed by atoms with E-state index in [0.717, 1.165) is 12.8 Å². The van der Waals surface area contributed by atoms with Crippen molar-refractivity contribution in [2.24, 2.45) is 5.92 Å². The molecule has 0 spiro atoms. The molecule has 0 bridgehead atoms. The Kier molecular flexibility index (Phi) is 6.08. The van der Waals surface area contributed by atoms with Crippen molar-refractivity contribution in [3.05, 3.63) is 28.3 Å². The van der Waals surface area contributed by atoms with E-state index in [9.17, 15) is 10.1 Å². The number of anilines is 1. The molecular weight excluding hydrogens is 248 g/mol. The molecule has 2 N–H and O–H groups in total. The standard InChI is InChI=1S/C13H20N2O4/c1-10(9-16)4-3-7-14-12-6-5-11(19-2)8-13(12)15(17)18/h5-6,8,10,14,16H,3-4,7,9H2,1-2H3. The Bertz CT molecular complexity index is 423. The highest BCUT2D eigenvalue weighted by molar-refractivity contribution is 5.63. The van der Waals surface area contributed by atoms with Crippen molar-refractivity contribution < 1.29 is 14.8 Å². The van der Waals surface area contributed by atoms with Gasteiger partial charge in [0.25, 0.3) is 5.69 Å². The zero-order valence-electron chi connectivity index (χ0n) is 11.3. The van der Waals surface area contributed by atoms with Crippen LogP contribution in [0.2, 0.25) is 0 Å². The molecule has 6 heteroatoms. The predicted molar refractivity (Wildman–Crippen MR) is 73.6 cm³/mol. The quantitative estimate of drug-likeness (QED) is 0.429. The maximum absolute atomic E-state index is 11.0. The Morgan fingerprint density at radius 2 is 2.26 bits per heavy atom. The van der Waals surface area contributed by atoms with Crippen molar-refractivity contribution in [3.8, 4) is 5.75 Å². The summed E-state index contributed by atoms with van der Waals surface area (Å²) in [6.45, 7) is 2.77. The smallest absolute Gasteiger partial charge is 0.296 e. The van der Waals surface area contributed by atoms with Crippen molar-refractivity contribution in [3.63, 3.8) is 0 Å². The lowest BCUT2D eigenvalue weighted by molar-refractivity contribution is -0.384. The highest BCUT2D eigenvalue weighted by Crippen LogP contribution is 2.28. The largest absolute Gasteiger partial charge is 0.496 e. The molecule has 0 aromatic heterocycles. The van der Waals surface area contributed by atoms with E-state index in [1.807, 2.05) is 6.92 Å². The summed E-state index contributed by atoms with van der Waals surface area (Å²) in [4.78, 5) is 10.5. The lowest BCUT2D eigenvalue weighted by Gasteiger charge is -2.10. The average Bonchev–Trinajstić information content (AvgIpc) is 2.43. The minimum atomic E-state index is -0.429. The van der Waals surface area contributed by atoms with Crippen LogP contribution in [-0.4, -0.2) is 30.3 Å². The number of hydrogen-bond acceptors (Lipinski definition) is 5. The first-order valence-corrected chi connectivity index (χ1v) is 6.25. The van der Waals surface area contributed by atoms with Gasteiger partial charge in [-0.3, -0.25) is 10.1 Å². The van der Waals surface area contributed by atoms with Gasteiger partial charge in [-0.05, 0) is 30.9 Å². The van der Waals surface area contributed by atoms with Crippen LogP contribution in [0.4, 0.5) is 11.4 Å². The summed E-state index contributed by atoms with van der Waals surface area (Å²) in [5.74, 6) is 0.721. The number of nitro benzene ring substituents is 1. The van der Waals surface area contributed by atoms with Crippen LogP contribution >= 0.6 is 0 Å². The minimum absolute atomic E-state index is 0.00885. The molecule has 106 valence electrons. The third-order valence-corrected chi connectivity index (χ3v) is 2.90. The number of aliphatic hydroxyl groups excluding tert-OH is 1. The highest BCUT2D eigenvalue weighted by atomic mass is 16.6. The fourth-order valence-corrected chi connectivity index (χ4v) is 1.70. The number of nitro groups is 1. The molecule has 0 amide bonds. The van der Waals surface area contributed by atoms with Gasteiger partial charge in [0.15, 0.2) is 0 Å². The summed E-state index contributed by atoms with van der Waals surface area (Å²) in [5.41, 5.74) is 0.497. The molecule has 1 atom stereocenters. The van der Waals surface area contributed by atoms with E-state index < -0.39 is 4.92 Å². The normalized spacial score (nSPS) is 11.9. The topological polar surface area (TPSA) is 84.6 Å². The first kappa shape index (κ1) is 15.2. The molecule has 1 aromatic rings. The fraction of sp³-hybridized carbons (Fsp3) is 0.538. The Morgan fingerprint density at radius 1 is 1.53 bits per heavy atom. The summed E-state index contributed by atoms with van der Waals surface area (Å²) in [6, 6.07) is 4.73. The number of nitrogens with zero attached hydrogens (tertiary/aromatic N) is 1. The van der Waals surface area contributed by atoms with Crippen molar-refractivity contribution in [2.75, 3.05) is 25.6 Å². The van der Waals surface area contributed by atoms with E-state index in [-0.39, 0.29) is 18.2 Å². The average molecular weight is 268 g/mol. The number of rotatable bonds is 8. The lowest BCUT2D eigenvalue weighted by atomic mass is 10.1. The Hall–Kier alpha value is -1.82. The molecule has 0 aliphatic heterocycles. The Balaban J connectivity index is 2.60. The van der Waals surface area contributed by atoms with Crippen LogP contribution in [0.25, 0.3) is 0 Å². The molecule has 0 radical (unpaired) electrons. The summed E-state index contributed by atoms with van der Waals surface area (Å²) in [5, 5.41) is 22.9. The first-order chi connectivity index (χ1) is 9.08. The van der Waals surface area contributed by atoms with Gasteiger partial charge in [-0.1, -0.05) is 6.92 Å². The van der Waals surface area contributed by atoms with Gasteiger partial charge in [0, 0.05) is 13.2 Å². The van der Waals surface area contributed by atoms with Crippen LogP contribution < -0.4 is 10.1 Å². The number of aliphatic hydroxyl groups is 1. The van der Waals surface area contributed by atoms with Crippen molar-refractivity contribution in [1.82, 2.24) is 0 Å². The second-order valence-corrected chi connectivity index (χ2v) is 4.50. The van der Waals surface area contributed by atoms with E-state index in [1.54, 1.807) is 12.1 Å². The van der Waals surface area contributed by atoms with Gasteiger partial charge >= 0.3 is 0 Å². The minimum Gasteiger partial charge on any atom is -0.496 e. The summed E-state index contributed by atoms with van der Waals surface area (Å²) < 4.78 is 4.97. The Labute approximate surface area is 112 Å². The molecule has 1 rings (SSSR count). The third-order valence-electron chi connectivity index (χ3n) is 2.90. The van der Waals surface area contributed by atoms with Gasteiger partial charge in [0.2, 0.25) is 0 Å². The number of hydrogen-bond donors (Lipinski definition) is 2. The molecular formula is C13H20N2O4. The summed E-state index contributed by atoms with van der Waals surface area (Å²) in [7, 11) is 1.47. The second-order valence-electron chi connectivity index (χ2n) is 4.50. The van der Waals surface area contributed by atoms with Crippen molar-refractivity contribution >= 4 is 11.4 Å². The zero-order valence-corrected chi connectivity index (χ0v) is 11.3. The molecule has 0 heterocycles. The van der Waals surface area contributed by atoms with Crippen molar-refractivity contribution in [1.29, 1.82) is 0 Å². The highest BCUT2D eigenvalue weighted by Gasteiger charge is 2.14. The maximum atomic E-state index is 11.0. The number of ether oxygens (including phenoxy) is 1. The number of benzene rings is 1. The van der Waals surface area contributed by atoms with E-state index in [2.05, 4.69) is 5.32 Å². The molecule has 0 saturated carbocycles. The van der Waals surface area contributed by atoms with Crippen LogP contribution in [0.1, 0.15) is 19.8 Å². The number of methoxy groups -OCH3 is 1. The maximum Gasteiger partial charge on any atom is 0.296 e. The van der Waals surface area contributed by atoms with Gasteiger partial charge < -0.3 is 15.2 Å². The molecule has 1 unspecified atom stereocenters. The Morgan fingerprint density at radius 3 is 2.84 bits per heavy atom. The molecule has 0 fully saturated rings. The monoisotopic (exact) mass is 268 g/mol. The van der Waals surface area contributed by atoms with E-state index in [4.69, 9.17) is 9.84 Å². The van der Waals surface area contributed by atoms with Crippen LogP contribution in [0.3, 0.4) is 0 Å². The van der Waals surface area contributed by atoms with E-state index in [1.165, 1.54) is 13.2 Å². The zero-order chi connectivity index (χ0) is 14.3. The van der Waals surface area contributed by atoms with Crippen LogP contribution in [0.5, 0.6) is 5.75 Å². The molecule has 0 aliphatic rings. The molecule has 0 saturated heterocycles. The fourth-order valence-electron chi connectivity index (χ4n) is 1.70. The predicted octanol–water partition coefficient (Wildman–Crippen LogP) is 2.42. The third kappa shape index (κ3) is 4.75. The van der Waals surface area contributed by atoms with Gasteiger partial charge in [-0.25, -0.2) is 0 Å². The SMILES string of the molecule is COc1ccc(NCCCC(C)CO)c([N+](=O)[O-])c1. The molecule has 0 aliphatic carbocycles. The summed E-state index contributed by atoms with van der Waals surface area (Å²) >= 11 is 0.